The van der Waals surface area contributed by atoms with Gasteiger partial charge in [-0.2, -0.15) is 0 Å². The lowest BCUT2D eigenvalue weighted by Crippen LogP contribution is -2.27. The van der Waals surface area contributed by atoms with Crippen molar-refractivity contribution < 1.29 is 13.2 Å². The van der Waals surface area contributed by atoms with Crippen molar-refractivity contribution in [2.45, 2.75) is 17.9 Å². The summed E-state index contributed by atoms with van der Waals surface area (Å²) in [5.74, 6) is -0.603. The lowest BCUT2D eigenvalue weighted by Gasteiger charge is -2.13. The smallest absolute Gasteiger partial charge is 0.248 e. The molecule has 2 aromatic rings. The van der Waals surface area contributed by atoms with Crippen LogP contribution in [0.3, 0.4) is 0 Å². The predicted molar refractivity (Wildman–Crippen MR) is 77.9 cm³/mol. The molecule has 1 unspecified atom stereocenters. The summed E-state index contributed by atoms with van der Waals surface area (Å²) in [5, 5.41) is 0. The molecule has 1 atom stereocenters. The van der Waals surface area contributed by atoms with Crippen molar-refractivity contribution in [3.05, 3.63) is 59.9 Å². The molecular weight excluding hydrogens is 290 g/mol. The molecule has 3 N–H and O–H groups in total. The van der Waals surface area contributed by atoms with Gasteiger partial charge in [-0.1, -0.05) is 6.07 Å². The molecule has 0 bridgehead atoms. The second-order valence-electron chi connectivity index (χ2n) is 4.49. The molecule has 21 heavy (non-hydrogen) atoms. The molecule has 1 amide bonds. The Labute approximate surface area is 123 Å². The number of pyridine rings is 1. The zero-order valence-electron chi connectivity index (χ0n) is 11.4. The second-order valence-corrected chi connectivity index (χ2v) is 6.20. The van der Waals surface area contributed by atoms with E-state index in [0.29, 0.717) is 5.69 Å². The van der Waals surface area contributed by atoms with Crippen LogP contribution in [-0.2, 0) is 10.0 Å². The highest BCUT2D eigenvalue weighted by Gasteiger charge is 2.19. The number of nitrogens with one attached hydrogen (secondary N) is 1. The van der Waals surface area contributed by atoms with Gasteiger partial charge in [0.25, 0.3) is 0 Å². The minimum absolute atomic E-state index is 0.0651. The van der Waals surface area contributed by atoms with Crippen molar-refractivity contribution >= 4 is 15.9 Å². The molecule has 1 aromatic heterocycles. The number of benzene rings is 1. The average molecular weight is 305 g/mol. The third kappa shape index (κ3) is 3.65. The number of aromatic nitrogens is 1. The van der Waals surface area contributed by atoms with Crippen LogP contribution in [0.1, 0.15) is 29.0 Å². The Balaban J connectivity index is 2.20. The maximum Gasteiger partial charge on any atom is 0.248 e. The molecule has 110 valence electrons. The van der Waals surface area contributed by atoms with Crippen LogP contribution in [0, 0.1) is 0 Å². The molecular formula is C14H15N3O3S. The highest BCUT2D eigenvalue weighted by Crippen LogP contribution is 2.15. The Bertz CT molecular complexity index is 728. The van der Waals surface area contributed by atoms with Gasteiger partial charge in [-0.25, -0.2) is 13.1 Å². The quantitative estimate of drug-likeness (QED) is 0.867. The molecule has 0 aliphatic rings. The van der Waals surface area contributed by atoms with E-state index >= 15 is 0 Å². The minimum Gasteiger partial charge on any atom is -0.366 e. The van der Waals surface area contributed by atoms with E-state index in [9.17, 15) is 13.2 Å². The van der Waals surface area contributed by atoms with Crippen molar-refractivity contribution in [3.63, 3.8) is 0 Å². The normalized spacial score (nSPS) is 12.8. The van der Waals surface area contributed by atoms with Crippen molar-refractivity contribution in [1.82, 2.24) is 9.71 Å². The van der Waals surface area contributed by atoms with Gasteiger partial charge >= 0.3 is 0 Å². The number of primary amides is 1. The van der Waals surface area contributed by atoms with E-state index < -0.39 is 22.0 Å². The lowest BCUT2D eigenvalue weighted by molar-refractivity contribution is 0.1000. The SMILES string of the molecule is CC(NS(=O)(=O)c1ccc(C(N)=O)cc1)c1ccccn1. The van der Waals surface area contributed by atoms with Gasteiger partial charge in [0.1, 0.15) is 0 Å². The molecule has 7 heteroatoms. The maximum absolute atomic E-state index is 12.2. The lowest BCUT2D eigenvalue weighted by atomic mass is 10.2. The van der Waals surface area contributed by atoms with E-state index in [-0.39, 0.29) is 10.5 Å². The number of sulfonamides is 1. The molecule has 2 rings (SSSR count). The van der Waals surface area contributed by atoms with Crippen molar-refractivity contribution in [3.8, 4) is 0 Å². The molecule has 0 saturated heterocycles. The van der Waals surface area contributed by atoms with Gasteiger partial charge < -0.3 is 5.73 Å². The highest BCUT2D eigenvalue weighted by molar-refractivity contribution is 7.89. The molecule has 6 nitrogen and oxygen atoms in total. The first-order valence-corrected chi connectivity index (χ1v) is 7.71. The highest BCUT2D eigenvalue weighted by atomic mass is 32.2. The van der Waals surface area contributed by atoms with Crippen molar-refractivity contribution in [2.75, 3.05) is 0 Å². The monoisotopic (exact) mass is 305 g/mol. The minimum atomic E-state index is -3.69. The first-order chi connectivity index (χ1) is 9.90. The summed E-state index contributed by atoms with van der Waals surface area (Å²) >= 11 is 0. The first-order valence-electron chi connectivity index (χ1n) is 6.23. The number of hydrogen-bond acceptors (Lipinski definition) is 4. The Kier molecular flexibility index (Phi) is 4.35. The fourth-order valence-electron chi connectivity index (χ4n) is 1.79. The summed E-state index contributed by atoms with van der Waals surface area (Å²) < 4.78 is 27.0. The van der Waals surface area contributed by atoms with Crippen LogP contribution in [0.5, 0.6) is 0 Å². The molecule has 0 aliphatic heterocycles. The van der Waals surface area contributed by atoms with Crippen molar-refractivity contribution in [1.29, 1.82) is 0 Å². The molecule has 0 fully saturated rings. The van der Waals surface area contributed by atoms with Crippen LogP contribution < -0.4 is 10.5 Å². The van der Waals surface area contributed by atoms with Crippen LogP contribution >= 0.6 is 0 Å². The van der Waals surface area contributed by atoms with Crippen LogP contribution in [0.4, 0.5) is 0 Å². The summed E-state index contributed by atoms with van der Waals surface area (Å²) in [7, 11) is -3.69. The van der Waals surface area contributed by atoms with Crippen LogP contribution in [0.15, 0.2) is 53.6 Å². The summed E-state index contributed by atoms with van der Waals surface area (Å²) in [6.07, 6.45) is 1.60. The Morgan fingerprint density at radius 1 is 1.19 bits per heavy atom. The first kappa shape index (κ1) is 15.1. The fourth-order valence-corrected chi connectivity index (χ4v) is 3.01. The van der Waals surface area contributed by atoms with Gasteiger partial charge in [-0.3, -0.25) is 9.78 Å². The topological polar surface area (TPSA) is 102 Å². The van der Waals surface area contributed by atoms with Crippen LogP contribution in [-0.4, -0.2) is 19.3 Å². The number of amides is 1. The molecule has 0 radical (unpaired) electrons. The van der Waals surface area contributed by atoms with Gasteiger partial charge in [0.05, 0.1) is 16.6 Å². The predicted octanol–water partition coefficient (Wildman–Crippen LogP) is 1.22. The zero-order valence-corrected chi connectivity index (χ0v) is 12.2. The maximum atomic E-state index is 12.2. The fraction of sp³-hybridized carbons (Fsp3) is 0.143. The van der Waals surface area contributed by atoms with Crippen LogP contribution in [0.25, 0.3) is 0 Å². The number of hydrogen-bond donors (Lipinski definition) is 2. The van der Waals surface area contributed by atoms with Gasteiger partial charge in [-0.15, -0.1) is 0 Å². The molecule has 0 saturated carbocycles. The summed E-state index contributed by atoms with van der Waals surface area (Å²) in [5.41, 5.74) is 5.99. The number of carbonyl (C=O) groups excluding carboxylic acids is 1. The molecule has 1 aromatic carbocycles. The van der Waals surface area contributed by atoms with E-state index in [1.165, 1.54) is 24.3 Å². The Morgan fingerprint density at radius 2 is 1.86 bits per heavy atom. The molecule has 1 heterocycles. The zero-order chi connectivity index (χ0) is 15.5. The number of nitrogens with two attached hydrogens (primary N) is 1. The molecule has 0 aliphatic carbocycles. The van der Waals surface area contributed by atoms with Gasteiger partial charge in [0.2, 0.25) is 15.9 Å². The van der Waals surface area contributed by atoms with E-state index in [4.69, 9.17) is 5.73 Å². The van der Waals surface area contributed by atoms with Crippen molar-refractivity contribution in [2.24, 2.45) is 5.73 Å². The number of nitrogens with zero attached hydrogens (tertiary/aromatic N) is 1. The van der Waals surface area contributed by atoms with Crippen LogP contribution in [0.2, 0.25) is 0 Å². The van der Waals surface area contributed by atoms with E-state index in [2.05, 4.69) is 9.71 Å². The summed E-state index contributed by atoms with van der Waals surface area (Å²) in [6, 6.07) is 10.3. The van der Waals surface area contributed by atoms with Gasteiger partial charge in [-0.05, 0) is 43.3 Å². The average Bonchev–Trinajstić information content (AvgIpc) is 2.48. The van der Waals surface area contributed by atoms with Gasteiger partial charge in [0.15, 0.2) is 0 Å². The van der Waals surface area contributed by atoms with E-state index in [0.717, 1.165) is 0 Å². The Hall–Kier alpha value is -2.25. The second kappa shape index (κ2) is 6.02. The van der Waals surface area contributed by atoms with Gasteiger partial charge in [0, 0.05) is 11.8 Å². The standard InChI is InChI=1S/C14H15N3O3S/c1-10(13-4-2-3-9-16-13)17-21(19,20)12-7-5-11(6-8-12)14(15)18/h2-10,17H,1H3,(H2,15,18). The third-order valence-electron chi connectivity index (χ3n) is 2.91. The molecule has 0 spiro atoms. The summed E-state index contributed by atoms with van der Waals surface area (Å²) in [4.78, 5) is 15.1. The Morgan fingerprint density at radius 3 is 2.38 bits per heavy atom. The van der Waals surface area contributed by atoms with E-state index in [1.807, 2.05) is 0 Å². The summed E-state index contributed by atoms with van der Waals surface area (Å²) in [6.45, 7) is 1.71. The number of carbonyl (C=O) groups is 1. The largest absolute Gasteiger partial charge is 0.366 e. The third-order valence-corrected chi connectivity index (χ3v) is 4.47. The van der Waals surface area contributed by atoms with E-state index in [1.54, 1.807) is 31.3 Å². The number of rotatable bonds is 5.